The van der Waals surface area contributed by atoms with E-state index in [4.69, 9.17) is 4.74 Å². The zero-order chi connectivity index (χ0) is 18.0. The molecule has 0 spiro atoms. The number of aryl methyl sites for hydroxylation is 1. The van der Waals surface area contributed by atoms with Crippen LogP contribution in [0.15, 0.2) is 18.2 Å². The molecule has 1 aliphatic heterocycles. The normalized spacial score (nSPS) is 16.5. The molecule has 1 aromatic carbocycles. The van der Waals surface area contributed by atoms with Crippen LogP contribution in [0.25, 0.3) is 11.0 Å². The minimum atomic E-state index is -3.19. The number of carbonyl (C=O) groups is 1. The molecule has 1 aromatic heterocycles. The number of aromatic nitrogens is 2. The van der Waals surface area contributed by atoms with E-state index in [0.717, 1.165) is 16.6 Å². The predicted molar refractivity (Wildman–Crippen MR) is 93.5 cm³/mol. The van der Waals surface area contributed by atoms with Gasteiger partial charge in [-0.2, -0.15) is 4.31 Å². The van der Waals surface area contributed by atoms with Crippen molar-refractivity contribution in [3.05, 3.63) is 29.6 Å². The van der Waals surface area contributed by atoms with Crippen molar-refractivity contribution < 1.29 is 17.9 Å². The summed E-state index contributed by atoms with van der Waals surface area (Å²) in [7, 11) is -3.19. The average molecular weight is 366 g/mol. The molecule has 0 atom stereocenters. The molecule has 0 unspecified atom stereocenters. The van der Waals surface area contributed by atoms with Crippen molar-refractivity contribution in [3.8, 4) is 0 Å². The second-order valence-electron chi connectivity index (χ2n) is 6.24. The Morgan fingerprint density at radius 3 is 2.68 bits per heavy atom. The number of rotatable bonds is 5. The molecule has 1 amide bonds. The van der Waals surface area contributed by atoms with E-state index in [2.05, 4.69) is 9.97 Å². The molecule has 25 heavy (non-hydrogen) atoms. The molecule has 2 aromatic rings. The maximum atomic E-state index is 12.2. The number of piperazine rings is 1. The number of nitrogens with one attached hydrogen (secondary N) is 1. The predicted octanol–water partition coefficient (Wildman–Crippen LogP) is 0.492. The van der Waals surface area contributed by atoms with Gasteiger partial charge >= 0.3 is 0 Å². The van der Waals surface area contributed by atoms with Crippen LogP contribution in [0.2, 0.25) is 0 Å². The van der Waals surface area contributed by atoms with Crippen LogP contribution in [0.1, 0.15) is 11.4 Å². The van der Waals surface area contributed by atoms with E-state index in [9.17, 15) is 13.2 Å². The van der Waals surface area contributed by atoms with Crippen LogP contribution in [-0.4, -0.2) is 72.5 Å². The molecule has 9 heteroatoms. The Morgan fingerprint density at radius 1 is 1.28 bits per heavy atom. The summed E-state index contributed by atoms with van der Waals surface area (Å²) in [5.74, 6) is 0.537. The Balaban J connectivity index is 1.48. The quantitative estimate of drug-likeness (QED) is 0.831. The number of fused-ring (bicyclic) bond motifs is 1. The first-order chi connectivity index (χ1) is 11.8. The third-order valence-corrected chi connectivity index (χ3v) is 5.51. The van der Waals surface area contributed by atoms with E-state index in [0.29, 0.717) is 32.0 Å². The summed E-state index contributed by atoms with van der Waals surface area (Å²) in [5.41, 5.74) is 2.96. The number of sulfonamides is 1. The lowest BCUT2D eigenvalue weighted by Crippen LogP contribution is -2.51. The highest BCUT2D eigenvalue weighted by Crippen LogP contribution is 2.14. The largest absolute Gasteiger partial charge is 0.364 e. The number of nitrogens with zero attached hydrogens (tertiary/aromatic N) is 3. The summed E-state index contributed by atoms with van der Waals surface area (Å²) < 4.78 is 29.8. The summed E-state index contributed by atoms with van der Waals surface area (Å²) >= 11 is 0. The number of ether oxygens (including phenoxy) is 1. The van der Waals surface area contributed by atoms with Gasteiger partial charge in [-0.05, 0) is 24.6 Å². The van der Waals surface area contributed by atoms with Gasteiger partial charge in [-0.3, -0.25) is 4.79 Å². The molecule has 1 N–H and O–H groups in total. The number of benzene rings is 1. The Hall–Kier alpha value is -1.97. The third-order valence-electron chi connectivity index (χ3n) is 4.21. The molecule has 0 aliphatic carbocycles. The minimum Gasteiger partial charge on any atom is -0.364 e. The van der Waals surface area contributed by atoms with Crippen LogP contribution in [0.5, 0.6) is 0 Å². The number of H-pyrrole nitrogens is 1. The molecule has 1 saturated heterocycles. The van der Waals surface area contributed by atoms with Crippen molar-refractivity contribution in [1.29, 1.82) is 0 Å². The van der Waals surface area contributed by atoms with Gasteiger partial charge < -0.3 is 14.6 Å². The number of hydrogen-bond donors (Lipinski definition) is 1. The van der Waals surface area contributed by atoms with Crippen molar-refractivity contribution in [2.45, 2.75) is 13.5 Å². The lowest BCUT2D eigenvalue weighted by atomic mass is 10.2. The van der Waals surface area contributed by atoms with E-state index in [-0.39, 0.29) is 19.1 Å². The molecule has 0 saturated carbocycles. The highest BCUT2D eigenvalue weighted by atomic mass is 32.2. The standard InChI is InChI=1S/C16H22N4O4S/c1-12-3-4-13-14(9-12)18-15(17-13)10-24-11-16(21)19-5-7-20(8-6-19)25(2,22)23/h3-4,9H,5-8,10-11H2,1-2H3,(H,17,18). The van der Waals surface area contributed by atoms with E-state index >= 15 is 0 Å². The van der Waals surface area contributed by atoms with Crippen molar-refractivity contribution in [2.24, 2.45) is 0 Å². The first-order valence-electron chi connectivity index (χ1n) is 8.09. The van der Waals surface area contributed by atoms with Gasteiger partial charge in [0.15, 0.2) is 0 Å². The number of amides is 1. The SMILES string of the molecule is Cc1ccc2nc(COCC(=O)N3CCN(S(C)(=O)=O)CC3)[nH]c2c1. The fraction of sp³-hybridized carbons (Fsp3) is 0.500. The monoisotopic (exact) mass is 366 g/mol. The summed E-state index contributed by atoms with van der Waals surface area (Å²) in [6.07, 6.45) is 1.18. The zero-order valence-corrected chi connectivity index (χ0v) is 15.2. The number of hydrogen-bond acceptors (Lipinski definition) is 5. The third kappa shape index (κ3) is 4.36. The number of aromatic amines is 1. The summed E-state index contributed by atoms with van der Waals surface area (Å²) in [6.45, 7) is 3.62. The van der Waals surface area contributed by atoms with E-state index in [1.54, 1.807) is 4.90 Å². The lowest BCUT2D eigenvalue weighted by molar-refractivity contribution is -0.137. The van der Waals surface area contributed by atoms with Gasteiger partial charge in [0.2, 0.25) is 15.9 Å². The van der Waals surface area contributed by atoms with Gasteiger partial charge in [0.1, 0.15) is 19.0 Å². The molecule has 2 heterocycles. The van der Waals surface area contributed by atoms with Gasteiger partial charge in [0.05, 0.1) is 17.3 Å². The molecule has 0 bridgehead atoms. The molecule has 1 aliphatic rings. The maximum Gasteiger partial charge on any atom is 0.248 e. The Bertz CT molecular complexity index is 869. The lowest BCUT2D eigenvalue weighted by Gasteiger charge is -2.33. The highest BCUT2D eigenvalue weighted by molar-refractivity contribution is 7.88. The molecular formula is C16H22N4O4S. The van der Waals surface area contributed by atoms with Crippen LogP contribution in [0.4, 0.5) is 0 Å². The van der Waals surface area contributed by atoms with Crippen LogP contribution in [0.3, 0.4) is 0 Å². The van der Waals surface area contributed by atoms with Gasteiger partial charge in [-0.15, -0.1) is 0 Å². The maximum absolute atomic E-state index is 12.2. The van der Waals surface area contributed by atoms with Gasteiger partial charge in [-0.25, -0.2) is 13.4 Å². The Kier molecular flexibility index (Phi) is 5.07. The molecule has 136 valence electrons. The van der Waals surface area contributed by atoms with Crippen LogP contribution >= 0.6 is 0 Å². The van der Waals surface area contributed by atoms with Crippen molar-refractivity contribution in [1.82, 2.24) is 19.2 Å². The second kappa shape index (κ2) is 7.11. The van der Waals surface area contributed by atoms with E-state index < -0.39 is 10.0 Å². The van der Waals surface area contributed by atoms with Crippen molar-refractivity contribution in [3.63, 3.8) is 0 Å². The van der Waals surface area contributed by atoms with Crippen LogP contribution < -0.4 is 0 Å². The van der Waals surface area contributed by atoms with E-state index in [1.807, 2.05) is 25.1 Å². The minimum absolute atomic E-state index is 0.0467. The first kappa shape index (κ1) is 17.8. The van der Waals surface area contributed by atoms with Crippen LogP contribution in [-0.2, 0) is 26.2 Å². The van der Waals surface area contributed by atoms with E-state index in [1.165, 1.54) is 10.6 Å². The molecule has 8 nitrogen and oxygen atoms in total. The number of carbonyl (C=O) groups excluding carboxylic acids is 1. The van der Waals surface area contributed by atoms with Gasteiger partial charge in [0.25, 0.3) is 0 Å². The summed E-state index contributed by atoms with van der Waals surface area (Å²) in [6, 6.07) is 5.95. The molecule has 3 rings (SSSR count). The highest BCUT2D eigenvalue weighted by Gasteiger charge is 2.25. The van der Waals surface area contributed by atoms with Crippen molar-refractivity contribution >= 4 is 27.0 Å². The second-order valence-corrected chi connectivity index (χ2v) is 8.22. The fourth-order valence-electron chi connectivity index (χ4n) is 2.84. The van der Waals surface area contributed by atoms with Gasteiger partial charge in [0, 0.05) is 26.2 Å². The zero-order valence-electron chi connectivity index (χ0n) is 14.4. The molecule has 0 radical (unpaired) electrons. The smallest absolute Gasteiger partial charge is 0.248 e. The topological polar surface area (TPSA) is 95.6 Å². The first-order valence-corrected chi connectivity index (χ1v) is 9.93. The summed E-state index contributed by atoms with van der Waals surface area (Å²) in [4.78, 5) is 21.4. The van der Waals surface area contributed by atoms with Crippen LogP contribution in [0, 0.1) is 6.92 Å². The summed E-state index contributed by atoms with van der Waals surface area (Å²) in [5, 5.41) is 0. The Morgan fingerprint density at radius 2 is 2.00 bits per heavy atom. The molecular weight excluding hydrogens is 344 g/mol. The number of imidazole rings is 1. The average Bonchev–Trinajstić information content (AvgIpc) is 2.96. The fourth-order valence-corrected chi connectivity index (χ4v) is 3.67. The Labute approximate surface area is 146 Å². The van der Waals surface area contributed by atoms with Gasteiger partial charge in [-0.1, -0.05) is 6.07 Å². The van der Waals surface area contributed by atoms with Crippen molar-refractivity contribution in [2.75, 3.05) is 39.0 Å². The molecule has 1 fully saturated rings.